The fourth-order valence-corrected chi connectivity index (χ4v) is 4.30. The van der Waals surface area contributed by atoms with Gasteiger partial charge >= 0.3 is 5.97 Å². The first-order chi connectivity index (χ1) is 16.9. The molecule has 0 aliphatic rings. The van der Waals surface area contributed by atoms with Gasteiger partial charge in [0.05, 0.1) is 20.3 Å². The third kappa shape index (κ3) is 7.49. The number of ether oxygens (including phenoxy) is 3. The highest BCUT2D eigenvalue weighted by Gasteiger charge is 2.24. The van der Waals surface area contributed by atoms with Gasteiger partial charge in [-0.25, -0.2) is 4.79 Å². The van der Waals surface area contributed by atoms with E-state index < -0.39 is 12.1 Å². The van der Waals surface area contributed by atoms with Crippen LogP contribution in [0.25, 0.3) is 0 Å². The molecule has 0 bridgehead atoms. The van der Waals surface area contributed by atoms with E-state index in [0.717, 1.165) is 36.0 Å². The van der Waals surface area contributed by atoms with E-state index in [1.54, 1.807) is 26.4 Å². The molecule has 6 nitrogen and oxygen atoms in total. The van der Waals surface area contributed by atoms with Crippen LogP contribution in [-0.4, -0.2) is 37.0 Å². The van der Waals surface area contributed by atoms with Gasteiger partial charge in [0.2, 0.25) is 0 Å². The molecule has 0 saturated carbocycles. The van der Waals surface area contributed by atoms with E-state index in [9.17, 15) is 9.90 Å². The Bertz CT molecular complexity index is 1050. The second kappa shape index (κ2) is 12.8. The SMILES string of the molecule is COc1cc([C@@H](O)[C@@H](CCCc2ccccc2)Cc2ccc(OCC(=O)O)cc2)cc(OC)c1C. The molecule has 6 heteroatoms. The fourth-order valence-electron chi connectivity index (χ4n) is 4.30. The molecule has 186 valence electrons. The smallest absolute Gasteiger partial charge is 0.341 e. The van der Waals surface area contributed by atoms with E-state index in [1.807, 2.05) is 49.4 Å². The molecule has 0 unspecified atom stereocenters. The molecule has 0 aliphatic heterocycles. The highest BCUT2D eigenvalue weighted by Crippen LogP contribution is 2.36. The van der Waals surface area contributed by atoms with Crippen molar-refractivity contribution in [2.45, 2.75) is 38.7 Å². The molecule has 0 amide bonds. The summed E-state index contributed by atoms with van der Waals surface area (Å²) in [5.74, 6) is 0.814. The fraction of sp³-hybridized carbons (Fsp3) is 0.345. The third-order valence-electron chi connectivity index (χ3n) is 6.23. The molecule has 3 rings (SSSR count). The molecule has 2 N–H and O–H groups in total. The van der Waals surface area contributed by atoms with Gasteiger partial charge in [-0.15, -0.1) is 0 Å². The molecular weight excluding hydrogens is 444 g/mol. The zero-order valence-electron chi connectivity index (χ0n) is 20.6. The van der Waals surface area contributed by atoms with Gasteiger partial charge in [-0.2, -0.15) is 0 Å². The molecule has 0 saturated heterocycles. The van der Waals surface area contributed by atoms with Crippen molar-refractivity contribution in [2.75, 3.05) is 20.8 Å². The number of hydrogen-bond donors (Lipinski definition) is 2. The van der Waals surface area contributed by atoms with E-state index in [4.69, 9.17) is 19.3 Å². The maximum Gasteiger partial charge on any atom is 0.341 e. The van der Waals surface area contributed by atoms with Gasteiger partial charge in [-0.3, -0.25) is 0 Å². The van der Waals surface area contributed by atoms with Crippen LogP contribution in [0.5, 0.6) is 17.2 Å². The first-order valence-electron chi connectivity index (χ1n) is 11.8. The number of aliphatic hydroxyl groups excluding tert-OH is 1. The lowest BCUT2D eigenvalue weighted by atomic mass is 9.85. The quantitative estimate of drug-likeness (QED) is 0.343. The number of aliphatic hydroxyl groups is 1. The van der Waals surface area contributed by atoms with Crippen molar-refractivity contribution in [3.8, 4) is 17.2 Å². The number of carboxylic acid groups (broad SMARTS) is 1. The minimum Gasteiger partial charge on any atom is -0.496 e. The predicted octanol–water partition coefficient (Wildman–Crippen LogP) is 5.39. The topological polar surface area (TPSA) is 85.2 Å². The van der Waals surface area contributed by atoms with Gasteiger partial charge in [0.15, 0.2) is 6.61 Å². The summed E-state index contributed by atoms with van der Waals surface area (Å²) < 4.78 is 16.3. The van der Waals surface area contributed by atoms with Crippen LogP contribution < -0.4 is 14.2 Å². The summed E-state index contributed by atoms with van der Waals surface area (Å²) in [5.41, 5.74) is 3.97. The molecule has 3 aromatic carbocycles. The van der Waals surface area contributed by atoms with Crippen molar-refractivity contribution >= 4 is 5.97 Å². The van der Waals surface area contributed by atoms with Gasteiger partial charge in [-0.1, -0.05) is 42.5 Å². The summed E-state index contributed by atoms with van der Waals surface area (Å²) >= 11 is 0. The lowest BCUT2D eigenvalue weighted by Gasteiger charge is -2.25. The maximum atomic E-state index is 11.5. The number of benzene rings is 3. The molecule has 2 atom stereocenters. The molecule has 0 spiro atoms. The van der Waals surface area contributed by atoms with E-state index in [0.29, 0.717) is 23.7 Å². The number of aryl methyl sites for hydroxylation is 1. The van der Waals surface area contributed by atoms with Crippen LogP contribution in [0, 0.1) is 12.8 Å². The average molecular weight is 479 g/mol. The number of rotatable bonds is 13. The van der Waals surface area contributed by atoms with Crippen LogP contribution in [0.15, 0.2) is 66.7 Å². The normalized spacial score (nSPS) is 12.6. The highest BCUT2D eigenvalue weighted by molar-refractivity contribution is 5.68. The second-order valence-corrected chi connectivity index (χ2v) is 8.66. The summed E-state index contributed by atoms with van der Waals surface area (Å²) in [6, 6.07) is 21.5. The van der Waals surface area contributed by atoms with Crippen LogP contribution in [0.1, 0.15) is 41.2 Å². The lowest BCUT2D eigenvalue weighted by Crippen LogP contribution is -2.17. The van der Waals surface area contributed by atoms with Crippen molar-refractivity contribution in [3.63, 3.8) is 0 Å². The maximum absolute atomic E-state index is 11.5. The molecule has 0 aromatic heterocycles. The van der Waals surface area contributed by atoms with Crippen LogP contribution in [-0.2, 0) is 17.6 Å². The standard InChI is InChI=1S/C29H34O6/c1-20-26(33-2)17-24(18-27(20)34-3)29(32)23(11-7-10-21-8-5-4-6-9-21)16-22-12-14-25(15-13-22)35-19-28(30)31/h4-6,8-9,12-15,17-18,23,29,32H,7,10-11,16,19H2,1-3H3,(H,30,31)/t23-,29-/m0/s1. The van der Waals surface area contributed by atoms with E-state index in [-0.39, 0.29) is 12.5 Å². The van der Waals surface area contributed by atoms with Crippen molar-refractivity contribution in [2.24, 2.45) is 5.92 Å². The Hall–Kier alpha value is -3.51. The Kier molecular flexibility index (Phi) is 9.56. The predicted molar refractivity (Wildman–Crippen MR) is 135 cm³/mol. The number of methoxy groups -OCH3 is 2. The zero-order chi connectivity index (χ0) is 25.2. The summed E-state index contributed by atoms with van der Waals surface area (Å²) in [4.78, 5) is 10.7. The summed E-state index contributed by atoms with van der Waals surface area (Å²) in [6.45, 7) is 1.55. The summed E-state index contributed by atoms with van der Waals surface area (Å²) in [5, 5.41) is 20.3. The van der Waals surface area contributed by atoms with Crippen molar-refractivity contribution < 1.29 is 29.2 Å². The Balaban J connectivity index is 1.79. The molecule has 3 aromatic rings. The van der Waals surface area contributed by atoms with Crippen molar-refractivity contribution in [1.29, 1.82) is 0 Å². The first-order valence-corrected chi connectivity index (χ1v) is 11.8. The molecule has 0 radical (unpaired) electrons. The molecule has 0 fully saturated rings. The van der Waals surface area contributed by atoms with Crippen LogP contribution in [0.3, 0.4) is 0 Å². The minimum atomic E-state index is -1.01. The second-order valence-electron chi connectivity index (χ2n) is 8.66. The van der Waals surface area contributed by atoms with Gasteiger partial charge in [0.25, 0.3) is 0 Å². The number of aliphatic carboxylic acids is 1. The van der Waals surface area contributed by atoms with E-state index >= 15 is 0 Å². The molecule has 0 aliphatic carbocycles. The van der Waals surface area contributed by atoms with Gasteiger partial charge < -0.3 is 24.4 Å². The average Bonchev–Trinajstić information content (AvgIpc) is 2.88. The Morgan fingerprint density at radius 1 is 0.914 bits per heavy atom. The van der Waals surface area contributed by atoms with Gasteiger partial charge in [-0.05, 0) is 79.5 Å². The third-order valence-corrected chi connectivity index (χ3v) is 6.23. The number of carboxylic acids is 1. The molecule has 35 heavy (non-hydrogen) atoms. The Morgan fingerprint density at radius 2 is 1.54 bits per heavy atom. The van der Waals surface area contributed by atoms with Crippen LogP contribution in [0.4, 0.5) is 0 Å². The van der Waals surface area contributed by atoms with E-state index in [2.05, 4.69) is 12.1 Å². The first kappa shape index (κ1) is 26.1. The minimum absolute atomic E-state index is 0.0402. The lowest BCUT2D eigenvalue weighted by molar-refractivity contribution is -0.139. The summed E-state index contributed by atoms with van der Waals surface area (Å²) in [6.07, 6.45) is 2.65. The monoisotopic (exact) mass is 478 g/mol. The van der Waals surface area contributed by atoms with Crippen LogP contribution >= 0.6 is 0 Å². The highest BCUT2D eigenvalue weighted by atomic mass is 16.5. The van der Waals surface area contributed by atoms with E-state index in [1.165, 1.54) is 5.56 Å². The van der Waals surface area contributed by atoms with Gasteiger partial charge in [0, 0.05) is 5.56 Å². The zero-order valence-corrected chi connectivity index (χ0v) is 20.6. The largest absolute Gasteiger partial charge is 0.496 e. The van der Waals surface area contributed by atoms with Crippen LogP contribution in [0.2, 0.25) is 0 Å². The number of hydrogen-bond acceptors (Lipinski definition) is 5. The molecule has 0 heterocycles. The summed E-state index contributed by atoms with van der Waals surface area (Å²) in [7, 11) is 3.23. The molecular formula is C29H34O6. The Morgan fingerprint density at radius 3 is 2.11 bits per heavy atom. The number of carbonyl (C=O) groups is 1. The Labute approximate surface area is 207 Å². The van der Waals surface area contributed by atoms with Crippen molar-refractivity contribution in [1.82, 2.24) is 0 Å². The van der Waals surface area contributed by atoms with Crippen molar-refractivity contribution in [3.05, 3.63) is 89.0 Å². The van der Waals surface area contributed by atoms with Gasteiger partial charge in [0.1, 0.15) is 17.2 Å².